The van der Waals surface area contributed by atoms with E-state index in [4.69, 9.17) is 16.3 Å². The molecule has 0 aromatic heterocycles. The highest BCUT2D eigenvalue weighted by Gasteiger charge is 2.36. The zero-order chi connectivity index (χ0) is 20.1. The van der Waals surface area contributed by atoms with Crippen molar-refractivity contribution in [3.8, 4) is 5.75 Å². The number of para-hydroxylation sites is 1. The maximum absolute atomic E-state index is 13.5. The van der Waals surface area contributed by atoms with Crippen molar-refractivity contribution in [3.63, 3.8) is 0 Å². The number of amides is 1. The molecule has 1 atom stereocenters. The molecule has 1 amide bonds. The molecule has 3 rings (SSSR count). The van der Waals surface area contributed by atoms with Crippen LogP contribution < -0.4 is 4.74 Å². The molecule has 28 heavy (non-hydrogen) atoms. The molecule has 1 heterocycles. The first-order valence-electron chi connectivity index (χ1n) is 9.38. The van der Waals surface area contributed by atoms with Crippen LogP contribution in [0.3, 0.4) is 0 Å². The van der Waals surface area contributed by atoms with Crippen LogP contribution in [0.15, 0.2) is 48.5 Å². The Morgan fingerprint density at radius 3 is 2.57 bits per heavy atom. The minimum absolute atomic E-state index is 0.0266. The Hall–Kier alpha value is -2.05. The van der Waals surface area contributed by atoms with E-state index in [1.165, 1.54) is 0 Å². The van der Waals surface area contributed by atoms with E-state index in [1.54, 1.807) is 29.2 Å². The average molecular weight is 422 g/mol. The molecule has 150 valence electrons. The molecular weight excluding hydrogens is 398 g/mol. The molecule has 0 bridgehead atoms. The van der Waals surface area contributed by atoms with Crippen LogP contribution in [0.2, 0.25) is 5.02 Å². The van der Waals surface area contributed by atoms with Gasteiger partial charge in [-0.1, -0.05) is 48.9 Å². The summed E-state index contributed by atoms with van der Waals surface area (Å²) in [5.41, 5.74) is 1.22. The molecule has 0 aliphatic carbocycles. The Kier molecular flexibility index (Phi) is 6.62. The fourth-order valence-electron chi connectivity index (χ4n) is 3.33. The first kappa shape index (κ1) is 20.7. The van der Waals surface area contributed by atoms with Crippen molar-refractivity contribution in [2.45, 2.75) is 32.4 Å². The summed E-state index contributed by atoms with van der Waals surface area (Å²) in [7, 11) is -3.14. The number of benzene rings is 2. The number of carbonyl (C=O) groups excluding carboxylic acids is 1. The summed E-state index contributed by atoms with van der Waals surface area (Å²) in [6.45, 7) is 2.75. The number of nitrogens with zero attached hydrogens (tertiary/aromatic N) is 1. The molecule has 0 unspecified atom stereocenters. The zero-order valence-electron chi connectivity index (χ0n) is 15.8. The summed E-state index contributed by atoms with van der Waals surface area (Å²) >= 11 is 6.30. The van der Waals surface area contributed by atoms with E-state index in [1.807, 2.05) is 31.2 Å². The highest BCUT2D eigenvalue weighted by atomic mass is 35.5. The zero-order valence-corrected chi connectivity index (χ0v) is 17.4. The Morgan fingerprint density at radius 2 is 1.89 bits per heavy atom. The van der Waals surface area contributed by atoms with E-state index in [9.17, 15) is 13.2 Å². The Bertz CT molecular complexity index is 945. The Balaban J connectivity index is 1.95. The van der Waals surface area contributed by atoms with Gasteiger partial charge >= 0.3 is 0 Å². The van der Waals surface area contributed by atoms with Gasteiger partial charge in [-0.05, 0) is 36.6 Å². The van der Waals surface area contributed by atoms with Gasteiger partial charge in [-0.15, -0.1) is 0 Å². The van der Waals surface area contributed by atoms with Crippen LogP contribution in [0.1, 0.15) is 35.7 Å². The Morgan fingerprint density at radius 1 is 1.18 bits per heavy atom. The van der Waals surface area contributed by atoms with E-state index in [0.717, 1.165) is 12.0 Å². The smallest absolute Gasteiger partial charge is 0.258 e. The van der Waals surface area contributed by atoms with Crippen molar-refractivity contribution >= 4 is 27.3 Å². The fourth-order valence-corrected chi connectivity index (χ4v) is 5.26. The largest absolute Gasteiger partial charge is 0.493 e. The van der Waals surface area contributed by atoms with E-state index >= 15 is 0 Å². The van der Waals surface area contributed by atoms with Crippen LogP contribution in [-0.2, 0) is 16.4 Å². The quantitative estimate of drug-likeness (QED) is 0.678. The van der Waals surface area contributed by atoms with Gasteiger partial charge in [-0.2, -0.15) is 0 Å². The summed E-state index contributed by atoms with van der Waals surface area (Å²) in [6.07, 6.45) is 1.25. The van der Waals surface area contributed by atoms with Crippen LogP contribution >= 0.6 is 11.6 Å². The highest BCUT2D eigenvalue weighted by molar-refractivity contribution is 7.91. The van der Waals surface area contributed by atoms with Gasteiger partial charge in [0, 0.05) is 17.6 Å². The van der Waals surface area contributed by atoms with Crippen LogP contribution in [0.4, 0.5) is 0 Å². The van der Waals surface area contributed by atoms with Gasteiger partial charge in [0.05, 0.1) is 23.7 Å². The number of rotatable bonds is 7. The second-order valence-corrected chi connectivity index (χ2v) is 9.56. The second-order valence-electron chi connectivity index (χ2n) is 6.93. The van der Waals surface area contributed by atoms with E-state index in [-0.39, 0.29) is 30.0 Å². The van der Waals surface area contributed by atoms with E-state index in [2.05, 4.69) is 0 Å². The summed E-state index contributed by atoms with van der Waals surface area (Å²) in [4.78, 5) is 15.1. The van der Waals surface area contributed by atoms with Crippen molar-refractivity contribution in [3.05, 3.63) is 64.7 Å². The molecule has 1 fully saturated rings. The van der Waals surface area contributed by atoms with E-state index in [0.29, 0.717) is 29.4 Å². The number of ether oxygens (including phenoxy) is 1. The van der Waals surface area contributed by atoms with Crippen molar-refractivity contribution in [2.24, 2.45) is 0 Å². The minimum Gasteiger partial charge on any atom is -0.493 e. The number of hydrogen-bond acceptors (Lipinski definition) is 4. The first-order valence-corrected chi connectivity index (χ1v) is 11.6. The predicted molar refractivity (Wildman–Crippen MR) is 111 cm³/mol. The molecule has 1 aliphatic rings. The SMILES string of the molecule is CCCOc1ccccc1C(=O)N(Cc1ccccc1Cl)[C@H]1CCS(=O)(=O)C1. The van der Waals surface area contributed by atoms with Gasteiger partial charge in [0.1, 0.15) is 5.75 Å². The molecule has 2 aromatic carbocycles. The van der Waals surface area contributed by atoms with E-state index < -0.39 is 9.84 Å². The van der Waals surface area contributed by atoms with Gasteiger partial charge < -0.3 is 9.64 Å². The number of sulfone groups is 1. The average Bonchev–Trinajstić information content (AvgIpc) is 3.05. The molecule has 0 radical (unpaired) electrons. The molecular formula is C21H24ClNO4S. The second kappa shape index (κ2) is 8.97. The lowest BCUT2D eigenvalue weighted by Crippen LogP contribution is -2.40. The summed E-state index contributed by atoms with van der Waals surface area (Å²) in [5, 5.41) is 0.552. The predicted octanol–water partition coefficient (Wildman–Crippen LogP) is 3.96. The normalized spacial score (nSPS) is 18.0. The molecule has 0 spiro atoms. The molecule has 1 aliphatic heterocycles. The molecule has 0 saturated carbocycles. The molecule has 2 aromatic rings. The summed E-state index contributed by atoms with van der Waals surface area (Å²) in [5.74, 6) is 0.340. The number of carbonyl (C=O) groups is 1. The molecule has 5 nitrogen and oxygen atoms in total. The monoisotopic (exact) mass is 421 g/mol. The summed E-state index contributed by atoms with van der Waals surface area (Å²) in [6, 6.07) is 14.0. The molecule has 0 N–H and O–H groups in total. The third kappa shape index (κ3) is 4.86. The van der Waals surface area contributed by atoms with Crippen molar-refractivity contribution < 1.29 is 17.9 Å². The lowest BCUT2D eigenvalue weighted by Gasteiger charge is -2.29. The lowest BCUT2D eigenvalue weighted by atomic mass is 10.1. The highest BCUT2D eigenvalue weighted by Crippen LogP contribution is 2.28. The van der Waals surface area contributed by atoms with Crippen LogP contribution in [0.25, 0.3) is 0 Å². The first-order chi connectivity index (χ1) is 13.4. The third-order valence-corrected chi connectivity index (χ3v) is 6.91. The van der Waals surface area contributed by atoms with Gasteiger partial charge in [-0.3, -0.25) is 4.79 Å². The maximum atomic E-state index is 13.5. The van der Waals surface area contributed by atoms with Gasteiger partial charge in [0.2, 0.25) is 0 Å². The third-order valence-electron chi connectivity index (χ3n) is 4.79. The minimum atomic E-state index is -3.14. The van der Waals surface area contributed by atoms with Crippen molar-refractivity contribution in [1.82, 2.24) is 4.90 Å². The summed E-state index contributed by atoms with van der Waals surface area (Å²) < 4.78 is 29.8. The number of halogens is 1. The van der Waals surface area contributed by atoms with Crippen molar-refractivity contribution in [2.75, 3.05) is 18.1 Å². The standard InChI is InChI=1S/C21H24ClNO4S/c1-2-12-27-20-10-6-4-8-18(20)21(24)23(17-11-13-28(25,26)15-17)14-16-7-3-5-9-19(16)22/h3-10,17H,2,11-15H2,1H3/t17-/m0/s1. The van der Waals surface area contributed by atoms with Crippen LogP contribution in [-0.4, -0.2) is 43.4 Å². The number of hydrogen-bond donors (Lipinski definition) is 0. The van der Waals surface area contributed by atoms with Crippen LogP contribution in [0.5, 0.6) is 5.75 Å². The Labute approximate surface area is 171 Å². The topological polar surface area (TPSA) is 63.7 Å². The maximum Gasteiger partial charge on any atom is 0.258 e. The van der Waals surface area contributed by atoms with Gasteiger partial charge in [0.25, 0.3) is 5.91 Å². The fraction of sp³-hybridized carbons (Fsp3) is 0.381. The van der Waals surface area contributed by atoms with Gasteiger partial charge in [0.15, 0.2) is 9.84 Å². The molecule has 7 heteroatoms. The molecule has 1 saturated heterocycles. The lowest BCUT2D eigenvalue weighted by molar-refractivity contribution is 0.0676. The van der Waals surface area contributed by atoms with Crippen LogP contribution in [0, 0.1) is 0 Å². The van der Waals surface area contributed by atoms with Gasteiger partial charge in [-0.25, -0.2) is 8.42 Å². The van der Waals surface area contributed by atoms with Crippen molar-refractivity contribution in [1.29, 1.82) is 0 Å².